The summed E-state index contributed by atoms with van der Waals surface area (Å²) in [7, 11) is 0. The third kappa shape index (κ3) is 4.42. The van der Waals surface area contributed by atoms with Gasteiger partial charge in [0.1, 0.15) is 12.7 Å². The van der Waals surface area contributed by atoms with Gasteiger partial charge in [0.05, 0.1) is 35.6 Å². The number of hydrogen-bond donors (Lipinski definition) is 3. The molecule has 3 N–H and O–H groups in total. The summed E-state index contributed by atoms with van der Waals surface area (Å²) < 4.78 is 11.4. The zero-order chi connectivity index (χ0) is 29.1. The van der Waals surface area contributed by atoms with Crippen molar-refractivity contribution >= 4 is 11.9 Å². The number of rotatable bonds is 5. The third-order valence-electron chi connectivity index (χ3n) is 13.0. The SMILES string of the molecule is C[C@@]1(C2CCC3(CCCC3)CC2)CC[C@@H](O)[C@@]2(CO)[C@H]1[C@H]1C[C@](C)(C#CCCC(=O)O1)[C@]2(O)CCC1=CC(=O)OC1. The summed E-state index contributed by atoms with van der Waals surface area (Å²) >= 11 is 0. The van der Waals surface area contributed by atoms with Gasteiger partial charge in [-0.05, 0) is 93.5 Å². The van der Waals surface area contributed by atoms with Gasteiger partial charge in [0.15, 0.2) is 0 Å². The molecule has 0 saturated heterocycles. The maximum absolute atomic E-state index is 13.1. The largest absolute Gasteiger partial charge is 0.462 e. The van der Waals surface area contributed by atoms with Crippen LogP contribution in [-0.4, -0.2) is 58.3 Å². The molecule has 41 heavy (non-hydrogen) atoms. The van der Waals surface area contributed by atoms with Crippen molar-refractivity contribution in [1.82, 2.24) is 0 Å². The molecule has 0 radical (unpaired) electrons. The molecule has 0 aromatic carbocycles. The molecule has 2 aliphatic heterocycles. The minimum atomic E-state index is -1.59. The Morgan fingerprint density at radius 1 is 1.05 bits per heavy atom. The Morgan fingerprint density at radius 2 is 1.78 bits per heavy atom. The molecule has 7 heteroatoms. The van der Waals surface area contributed by atoms with Crippen LogP contribution in [0.25, 0.3) is 0 Å². The number of carbonyl (C=O) groups is 2. The summed E-state index contributed by atoms with van der Waals surface area (Å²) in [5.74, 6) is 5.73. The Balaban J connectivity index is 1.45. The maximum atomic E-state index is 13.1. The highest BCUT2D eigenvalue weighted by molar-refractivity contribution is 5.85. The van der Waals surface area contributed by atoms with Crippen molar-refractivity contribution in [1.29, 1.82) is 0 Å². The van der Waals surface area contributed by atoms with Gasteiger partial charge in [-0.25, -0.2) is 4.79 Å². The molecule has 1 spiro atoms. The summed E-state index contributed by atoms with van der Waals surface area (Å²) in [6.07, 6.45) is 12.5. The van der Waals surface area contributed by atoms with Crippen molar-refractivity contribution in [3.8, 4) is 11.8 Å². The summed E-state index contributed by atoms with van der Waals surface area (Å²) in [6.45, 7) is 3.96. The number of esters is 2. The van der Waals surface area contributed by atoms with Crippen molar-refractivity contribution in [2.75, 3.05) is 13.2 Å². The first kappa shape index (κ1) is 29.2. The number of carbonyl (C=O) groups excluding carboxylic acids is 2. The van der Waals surface area contributed by atoms with Gasteiger partial charge in [-0.2, -0.15) is 0 Å². The molecule has 6 rings (SSSR count). The van der Waals surface area contributed by atoms with Crippen LogP contribution in [0.15, 0.2) is 11.6 Å². The van der Waals surface area contributed by atoms with E-state index in [1.807, 2.05) is 6.92 Å². The lowest BCUT2D eigenvalue weighted by atomic mass is 9.36. The highest BCUT2D eigenvalue weighted by Gasteiger charge is 2.75. The number of cyclic esters (lactones) is 1. The third-order valence-corrected chi connectivity index (χ3v) is 13.0. The van der Waals surface area contributed by atoms with E-state index in [9.17, 15) is 24.9 Å². The maximum Gasteiger partial charge on any atom is 0.331 e. The Bertz CT molecular complexity index is 1150. The molecule has 7 nitrogen and oxygen atoms in total. The second-order valence-electron chi connectivity index (χ2n) is 14.9. The standard InChI is InChI=1S/C34H48O7/c1-30-12-4-3-7-27(37)41-25(20-30)29-31(2,24-9-16-32(17-10-24)13-5-6-14-32)15-11-26(36)33(29,22-35)34(30,39)18-8-23-19-28(38)40-21-23/h19,24-26,29,35-36,39H,3,5-11,13-18,20-22H2,1-2H3/t25-,26-,29+,30+,31+,33+,34-/m1/s1. The lowest BCUT2D eigenvalue weighted by Gasteiger charge is -2.70. The second-order valence-corrected chi connectivity index (χ2v) is 14.9. The van der Waals surface area contributed by atoms with E-state index < -0.39 is 41.2 Å². The van der Waals surface area contributed by atoms with Gasteiger partial charge in [0.25, 0.3) is 0 Å². The monoisotopic (exact) mass is 568 g/mol. The van der Waals surface area contributed by atoms with E-state index in [-0.39, 0.29) is 36.8 Å². The lowest BCUT2D eigenvalue weighted by molar-refractivity contribution is -0.321. The lowest BCUT2D eigenvalue weighted by Crippen LogP contribution is -2.77. The smallest absolute Gasteiger partial charge is 0.331 e. The van der Waals surface area contributed by atoms with E-state index in [0.717, 1.165) is 24.8 Å². The fraction of sp³-hybridized carbons (Fsp3) is 0.824. The first-order chi connectivity index (χ1) is 19.5. The average molecular weight is 569 g/mol. The average Bonchev–Trinajstić information content (AvgIpc) is 3.59. The molecule has 0 unspecified atom stereocenters. The van der Waals surface area contributed by atoms with E-state index in [1.54, 1.807) is 0 Å². The molecule has 2 bridgehead atoms. The minimum absolute atomic E-state index is 0.189. The van der Waals surface area contributed by atoms with Crippen molar-refractivity contribution in [2.24, 2.45) is 33.5 Å². The predicted octanol–water partition coefficient (Wildman–Crippen LogP) is 4.61. The van der Waals surface area contributed by atoms with E-state index in [0.29, 0.717) is 37.0 Å². The van der Waals surface area contributed by atoms with Gasteiger partial charge in [0, 0.05) is 24.8 Å². The van der Waals surface area contributed by atoms with Crippen LogP contribution in [0.3, 0.4) is 0 Å². The molecular formula is C34H48O7. The molecule has 0 amide bonds. The van der Waals surface area contributed by atoms with Crippen LogP contribution in [-0.2, 0) is 19.1 Å². The number of fused-ring (bicyclic) bond motifs is 4. The minimum Gasteiger partial charge on any atom is -0.462 e. The molecular weight excluding hydrogens is 520 g/mol. The van der Waals surface area contributed by atoms with Gasteiger partial charge in [0.2, 0.25) is 0 Å². The highest BCUT2D eigenvalue weighted by atomic mass is 16.5. The zero-order valence-corrected chi connectivity index (χ0v) is 24.9. The van der Waals surface area contributed by atoms with E-state index in [4.69, 9.17) is 9.47 Å². The molecule has 7 atom stereocenters. The van der Waals surface area contributed by atoms with E-state index in [2.05, 4.69) is 18.8 Å². The van der Waals surface area contributed by atoms with Crippen molar-refractivity contribution in [3.63, 3.8) is 0 Å². The van der Waals surface area contributed by atoms with Crippen LogP contribution in [0.4, 0.5) is 0 Å². The molecule has 4 aliphatic carbocycles. The Hall–Kier alpha value is -1.88. The van der Waals surface area contributed by atoms with Crippen LogP contribution in [0.5, 0.6) is 0 Å². The number of ether oxygens (including phenoxy) is 2. The molecule has 6 aliphatic rings. The number of aliphatic hydroxyl groups is 3. The number of hydrogen-bond acceptors (Lipinski definition) is 7. The summed E-state index contributed by atoms with van der Waals surface area (Å²) in [5.41, 5.74) is -3.04. The van der Waals surface area contributed by atoms with Gasteiger partial charge in [-0.1, -0.05) is 25.7 Å². The normalized spacial score (nSPS) is 44.0. The Kier molecular flexibility index (Phi) is 7.40. The first-order valence-corrected chi connectivity index (χ1v) is 16.1. The van der Waals surface area contributed by atoms with Crippen LogP contribution in [0, 0.1) is 45.3 Å². The molecule has 226 valence electrons. The summed E-state index contributed by atoms with van der Waals surface area (Å²) in [4.78, 5) is 24.9. The van der Waals surface area contributed by atoms with E-state index >= 15 is 0 Å². The van der Waals surface area contributed by atoms with Gasteiger partial charge in [-0.15, -0.1) is 5.92 Å². The fourth-order valence-electron chi connectivity index (χ4n) is 10.8. The van der Waals surface area contributed by atoms with Crippen molar-refractivity contribution < 1.29 is 34.4 Å². The van der Waals surface area contributed by atoms with Crippen LogP contribution in [0.2, 0.25) is 0 Å². The molecule has 0 aromatic heterocycles. The second kappa shape index (κ2) is 10.4. The predicted molar refractivity (Wildman–Crippen MR) is 152 cm³/mol. The zero-order valence-electron chi connectivity index (χ0n) is 24.9. The highest BCUT2D eigenvalue weighted by Crippen LogP contribution is 2.70. The summed E-state index contributed by atoms with van der Waals surface area (Å²) in [6, 6.07) is 0. The number of aliphatic hydroxyl groups excluding tert-OH is 2. The van der Waals surface area contributed by atoms with Crippen LogP contribution >= 0.6 is 0 Å². The quantitative estimate of drug-likeness (QED) is 0.328. The molecule has 2 heterocycles. The van der Waals surface area contributed by atoms with Crippen molar-refractivity contribution in [3.05, 3.63) is 11.6 Å². The van der Waals surface area contributed by atoms with Crippen molar-refractivity contribution in [2.45, 2.75) is 128 Å². The topological polar surface area (TPSA) is 113 Å². The van der Waals surface area contributed by atoms with Gasteiger partial charge >= 0.3 is 11.9 Å². The fourth-order valence-corrected chi connectivity index (χ4v) is 10.8. The molecule has 4 saturated carbocycles. The Morgan fingerprint density at radius 3 is 2.44 bits per heavy atom. The van der Waals surface area contributed by atoms with Gasteiger partial charge in [-0.3, -0.25) is 4.79 Å². The van der Waals surface area contributed by atoms with Crippen LogP contribution in [0.1, 0.15) is 110 Å². The Labute approximate surface area is 244 Å². The molecule has 4 fully saturated rings. The molecule has 0 aromatic rings. The van der Waals surface area contributed by atoms with Gasteiger partial charge < -0.3 is 24.8 Å². The van der Waals surface area contributed by atoms with E-state index in [1.165, 1.54) is 44.6 Å². The summed E-state index contributed by atoms with van der Waals surface area (Å²) in [5, 5.41) is 36.6. The van der Waals surface area contributed by atoms with Crippen LogP contribution < -0.4 is 0 Å². The first-order valence-electron chi connectivity index (χ1n) is 16.1.